The molecule has 0 aromatic rings. The molecule has 0 spiro atoms. The average Bonchev–Trinajstić information content (AvgIpc) is 2.43. The zero-order valence-corrected chi connectivity index (χ0v) is 14.2. The monoisotopic (exact) mass is 296 g/mol. The molecule has 1 aliphatic rings. The summed E-state index contributed by atoms with van der Waals surface area (Å²) in [5.74, 6) is 1.17. The number of imide groups is 1. The number of nitrogens with zero attached hydrogens (tertiary/aromatic N) is 1. The maximum absolute atomic E-state index is 12.3. The topological polar surface area (TPSA) is 49.4 Å². The van der Waals surface area contributed by atoms with Gasteiger partial charge in [-0.05, 0) is 37.5 Å². The summed E-state index contributed by atoms with van der Waals surface area (Å²) < 4.78 is 0. The summed E-state index contributed by atoms with van der Waals surface area (Å²) in [6, 6.07) is -0.197. The van der Waals surface area contributed by atoms with Crippen molar-refractivity contribution in [3.8, 4) is 0 Å². The Kier molecular flexibility index (Phi) is 7.76. The van der Waals surface area contributed by atoms with Crippen LogP contribution in [0.1, 0.15) is 66.2 Å². The molecule has 21 heavy (non-hydrogen) atoms. The normalized spacial score (nSPS) is 17.9. The highest BCUT2D eigenvalue weighted by atomic mass is 16.2. The SMILES string of the molecule is CCC[C@@H](CCC(C)C)C(=O)NC(=O)N1CCC(C)CC1. The third-order valence-electron chi connectivity index (χ3n) is 4.40. The summed E-state index contributed by atoms with van der Waals surface area (Å²) in [6.45, 7) is 10.2. The molecule has 1 atom stereocenters. The lowest BCUT2D eigenvalue weighted by Crippen LogP contribution is -2.47. The molecule has 1 N–H and O–H groups in total. The van der Waals surface area contributed by atoms with Crippen LogP contribution in [0.2, 0.25) is 0 Å². The lowest BCUT2D eigenvalue weighted by molar-refractivity contribution is -0.124. The summed E-state index contributed by atoms with van der Waals surface area (Å²) >= 11 is 0. The van der Waals surface area contributed by atoms with Gasteiger partial charge in [0.1, 0.15) is 0 Å². The van der Waals surface area contributed by atoms with E-state index in [0.29, 0.717) is 11.8 Å². The van der Waals surface area contributed by atoms with E-state index in [1.165, 1.54) is 0 Å². The number of amides is 3. The first-order chi connectivity index (χ1) is 9.93. The van der Waals surface area contributed by atoms with Gasteiger partial charge >= 0.3 is 6.03 Å². The third kappa shape index (κ3) is 6.49. The number of piperidine rings is 1. The highest BCUT2D eigenvalue weighted by Crippen LogP contribution is 2.19. The Hall–Kier alpha value is -1.06. The van der Waals surface area contributed by atoms with Gasteiger partial charge in [-0.3, -0.25) is 10.1 Å². The smallest absolute Gasteiger partial charge is 0.324 e. The number of carbonyl (C=O) groups excluding carboxylic acids is 2. The molecule has 1 heterocycles. The Morgan fingerprint density at radius 2 is 1.76 bits per heavy atom. The number of nitrogens with one attached hydrogen (secondary N) is 1. The fraction of sp³-hybridized carbons (Fsp3) is 0.882. The van der Waals surface area contributed by atoms with Gasteiger partial charge in [-0.15, -0.1) is 0 Å². The van der Waals surface area contributed by atoms with E-state index in [2.05, 4.69) is 33.0 Å². The van der Waals surface area contributed by atoms with Gasteiger partial charge in [0.15, 0.2) is 0 Å². The molecule has 1 fully saturated rings. The van der Waals surface area contributed by atoms with E-state index in [1.54, 1.807) is 4.90 Å². The molecule has 122 valence electrons. The van der Waals surface area contributed by atoms with Crippen LogP contribution in [0.3, 0.4) is 0 Å². The van der Waals surface area contributed by atoms with Crippen molar-refractivity contribution < 1.29 is 9.59 Å². The number of likely N-dealkylation sites (tertiary alicyclic amines) is 1. The van der Waals surface area contributed by atoms with Gasteiger partial charge in [-0.25, -0.2) is 4.79 Å². The van der Waals surface area contributed by atoms with Crippen LogP contribution in [0.15, 0.2) is 0 Å². The van der Waals surface area contributed by atoms with Gasteiger partial charge in [0.2, 0.25) is 5.91 Å². The predicted molar refractivity (Wildman–Crippen MR) is 86.0 cm³/mol. The third-order valence-corrected chi connectivity index (χ3v) is 4.40. The van der Waals surface area contributed by atoms with Crippen molar-refractivity contribution in [2.75, 3.05) is 13.1 Å². The molecule has 1 aliphatic heterocycles. The van der Waals surface area contributed by atoms with Gasteiger partial charge in [-0.2, -0.15) is 0 Å². The van der Waals surface area contributed by atoms with Gasteiger partial charge in [0.05, 0.1) is 0 Å². The minimum absolute atomic E-state index is 0.0231. The van der Waals surface area contributed by atoms with E-state index in [4.69, 9.17) is 0 Å². The van der Waals surface area contributed by atoms with Crippen LogP contribution in [0.25, 0.3) is 0 Å². The summed E-state index contributed by atoms with van der Waals surface area (Å²) in [5, 5.41) is 2.62. The van der Waals surface area contributed by atoms with Crippen molar-refractivity contribution >= 4 is 11.9 Å². The van der Waals surface area contributed by atoms with E-state index in [-0.39, 0.29) is 17.9 Å². The van der Waals surface area contributed by atoms with Gasteiger partial charge < -0.3 is 4.90 Å². The van der Waals surface area contributed by atoms with E-state index < -0.39 is 0 Å². The standard InChI is InChI=1S/C17H32N2O2/c1-5-6-15(8-7-13(2)3)16(20)18-17(21)19-11-9-14(4)10-12-19/h13-15H,5-12H2,1-4H3,(H,18,20,21)/t15-/m0/s1. The Morgan fingerprint density at radius 3 is 2.29 bits per heavy atom. The van der Waals surface area contributed by atoms with Crippen LogP contribution >= 0.6 is 0 Å². The fourth-order valence-corrected chi connectivity index (χ4v) is 2.79. The van der Waals surface area contributed by atoms with Gasteiger partial charge in [0, 0.05) is 19.0 Å². The summed E-state index contributed by atoms with van der Waals surface area (Å²) in [4.78, 5) is 26.2. The first kappa shape index (κ1) is 18.0. The molecule has 0 saturated carbocycles. The maximum atomic E-state index is 12.3. The van der Waals surface area contributed by atoms with Gasteiger partial charge in [-0.1, -0.05) is 40.5 Å². The first-order valence-corrected chi connectivity index (χ1v) is 8.53. The first-order valence-electron chi connectivity index (χ1n) is 8.53. The molecule has 1 saturated heterocycles. The number of rotatable bonds is 6. The number of carbonyl (C=O) groups is 2. The van der Waals surface area contributed by atoms with E-state index >= 15 is 0 Å². The number of hydrogen-bond donors (Lipinski definition) is 1. The molecule has 0 bridgehead atoms. The predicted octanol–water partition coefficient (Wildman–Crippen LogP) is 3.81. The lowest BCUT2D eigenvalue weighted by atomic mass is 9.93. The molecule has 0 unspecified atom stereocenters. The lowest BCUT2D eigenvalue weighted by Gasteiger charge is -2.30. The zero-order valence-electron chi connectivity index (χ0n) is 14.2. The number of hydrogen-bond acceptors (Lipinski definition) is 2. The molecule has 4 nitrogen and oxygen atoms in total. The van der Waals surface area contributed by atoms with Crippen LogP contribution in [0.4, 0.5) is 4.79 Å². The molecular formula is C17H32N2O2. The highest BCUT2D eigenvalue weighted by molar-refractivity contribution is 5.95. The van der Waals surface area contributed by atoms with Crippen molar-refractivity contribution in [2.45, 2.75) is 66.2 Å². The van der Waals surface area contributed by atoms with Gasteiger partial charge in [0.25, 0.3) is 0 Å². The quantitative estimate of drug-likeness (QED) is 0.810. The van der Waals surface area contributed by atoms with Crippen molar-refractivity contribution in [1.82, 2.24) is 10.2 Å². The van der Waals surface area contributed by atoms with Crippen LogP contribution in [0, 0.1) is 17.8 Å². The van der Waals surface area contributed by atoms with E-state index in [9.17, 15) is 9.59 Å². The molecule has 4 heteroatoms. The molecule has 1 rings (SSSR count). The summed E-state index contributed by atoms with van der Waals surface area (Å²) in [7, 11) is 0. The molecule has 3 amide bonds. The molecule has 0 aromatic carbocycles. The Labute approximate surface area is 129 Å². The van der Waals surface area contributed by atoms with Crippen molar-refractivity contribution in [3.05, 3.63) is 0 Å². The summed E-state index contributed by atoms with van der Waals surface area (Å²) in [6.07, 6.45) is 5.82. The second-order valence-electron chi connectivity index (χ2n) is 6.92. The Bertz CT molecular complexity index is 334. The number of urea groups is 1. The van der Waals surface area contributed by atoms with Crippen molar-refractivity contribution in [3.63, 3.8) is 0 Å². The Balaban J connectivity index is 2.45. The van der Waals surface area contributed by atoms with Crippen LogP contribution in [0.5, 0.6) is 0 Å². The molecule has 0 radical (unpaired) electrons. The minimum atomic E-state index is -0.197. The zero-order chi connectivity index (χ0) is 15.8. The van der Waals surface area contributed by atoms with Crippen LogP contribution < -0.4 is 5.32 Å². The second kappa shape index (κ2) is 9.06. The second-order valence-corrected chi connectivity index (χ2v) is 6.92. The minimum Gasteiger partial charge on any atom is -0.324 e. The molecular weight excluding hydrogens is 264 g/mol. The Morgan fingerprint density at radius 1 is 1.14 bits per heavy atom. The van der Waals surface area contributed by atoms with Crippen LogP contribution in [-0.4, -0.2) is 29.9 Å². The largest absolute Gasteiger partial charge is 0.324 e. The maximum Gasteiger partial charge on any atom is 0.324 e. The summed E-state index contributed by atoms with van der Waals surface area (Å²) in [5.41, 5.74) is 0. The highest BCUT2D eigenvalue weighted by Gasteiger charge is 2.25. The van der Waals surface area contributed by atoms with Crippen molar-refractivity contribution in [2.24, 2.45) is 17.8 Å². The van der Waals surface area contributed by atoms with Crippen molar-refractivity contribution in [1.29, 1.82) is 0 Å². The van der Waals surface area contributed by atoms with E-state index in [1.807, 2.05) is 0 Å². The average molecular weight is 296 g/mol. The molecule has 0 aromatic heterocycles. The molecule has 0 aliphatic carbocycles. The fourth-order valence-electron chi connectivity index (χ4n) is 2.79. The van der Waals surface area contributed by atoms with E-state index in [0.717, 1.165) is 51.6 Å². The van der Waals surface area contributed by atoms with Crippen LogP contribution in [-0.2, 0) is 4.79 Å².